The number of hydrogen-bond donors (Lipinski definition) is 1. The standard InChI is InChI=1S/C19H21Br2N3OS/c1-12(2)9-16(23)19(25)24(8-7-22)18(17-10-15(21)11-26-17)13-3-5-14(20)6-4-13/h3-6,10-12,16,18H,8-9,23H2,1-2H3/t16-,18-/m0/s1. The fourth-order valence-corrected chi connectivity index (χ4v) is 4.66. The summed E-state index contributed by atoms with van der Waals surface area (Å²) in [7, 11) is 0. The lowest BCUT2D eigenvalue weighted by Gasteiger charge is -2.32. The zero-order valence-electron chi connectivity index (χ0n) is 14.7. The maximum absolute atomic E-state index is 13.1. The van der Waals surface area contributed by atoms with Gasteiger partial charge in [-0.15, -0.1) is 11.3 Å². The Balaban J connectivity index is 2.47. The van der Waals surface area contributed by atoms with Crippen molar-refractivity contribution in [2.45, 2.75) is 32.4 Å². The molecule has 1 aromatic carbocycles. The lowest BCUT2D eigenvalue weighted by molar-refractivity contribution is -0.134. The molecule has 4 nitrogen and oxygen atoms in total. The van der Waals surface area contributed by atoms with Crippen LogP contribution in [0.15, 0.2) is 44.7 Å². The van der Waals surface area contributed by atoms with Gasteiger partial charge in [0.2, 0.25) is 5.91 Å². The number of thiophene rings is 1. The van der Waals surface area contributed by atoms with E-state index in [4.69, 9.17) is 5.73 Å². The molecule has 2 rings (SSSR count). The highest BCUT2D eigenvalue weighted by Gasteiger charge is 2.31. The Labute approximate surface area is 175 Å². The molecule has 0 unspecified atom stereocenters. The number of carbonyl (C=O) groups is 1. The van der Waals surface area contributed by atoms with E-state index in [1.54, 1.807) is 16.2 Å². The van der Waals surface area contributed by atoms with Crippen molar-refractivity contribution in [3.05, 3.63) is 55.1 Å². The van der Waals surface area contributed by atoms with Gasteiger partial charge in [0.15, 0.2) is 0 Å². The average molecular weight is 499 g/mol. The predicted octanol–water partition coefficient (Wildman–Crippen LogP) is 5.09. The lowest BCUT2D eigenvalue weighted by atomic mass is 9.99. The summed E-state index contributed by atoms with van der Waals surface area (Å²) in [6, 6.07) is 11.0. The van der Waals surface area contributed by atoms with Crippen LogP contribution in [-0.2, 0) is 4.79 Å². The molecular formula is C19H21Br2N3OS. The fraction of sp³-hybridized carbons (Fsp3) is 0.368. The molecule has 1 heterocycles. The summed E-state index contributed by atoms with van der Waals surface area (Å²) in [5, 5.41) is 11.3. The van der Waals surface area contributed by atoms with E-state index < -0.39 is 6.04 Å². The van der Waals surface area contributed by atoms with Crippen LogP contribution in [0.3, 0.4) is 0 Å². The third kappa shape index (κ3) is 5.40. The average Bonchev–Trinajstić information content (AvgIpc) is 3.00. The topological polar surface area (TPSA) is 70.1 Å². The summed E-state index contributed by atoms with van der Waals surface area (Å²) in [6.45, 7) is 4.05. The first kappa shape index (κ1) is 21.1. The second-order valence-electron chi connectivity index (χ2n) is 6.48. The molecule has 26 heavy (non-hydrogen) atoms. The Morgan fingerprint density at radius 2 is 1.92 bits per heavy atom. The third-order valence-corrected chi connectivity index (χ3v) is 6.20. The monoisotopic (exact) mass is 497 g/mol. The summed E-state index contributed by atoms with van der Waals surface area (Å²) in [6.07, 6.45) is 0.585. The van der Waals surface area contributed by atoms with E-state index in [1.165, 1.54) is 0 Å². The quantitative estimate of drug-likeness (QED) is 0.540. The van der Waals surface area contributed by atoms with Gasteiger partial charge in [-0.1, -0.05) is 41.9 Å². The van der Waals surface area contributed by atoms with Crippen LogP contribution in [0.1, 0.15) is 36.8 Å². The number of rotatable bonds is 7. The molecule has 0 fully saturated rings. The van der Waals surface area contributed by atoms with E-state index in [0.717, 1.165) is 19.4 Å². The van der Waals surface area contributed by atoms with E-state index in [1.807, 2.05) is 49.6 Å². The van der Waals surface area contributed by atoms with Gasteiger partial charge in [0.25, 0.3) is 0 Å². The molecule has 0 spiro atoms. The maximum Gasteiger partial charge on any atom is 0.241 e. The zero-order valence-corrected chi connectivity index (χ0v) is 18.6. The molecule has 1 amide bonds. The Morgan fingerprint density at radius 1 is 1.27 bits per heavy atom. The van der Waals surface area contributed by atoms with Crippen LogP contribution < -0.4 is 5.73 Å². The Hall–Kier alpha value is -1.20. The van der Waals surface area contributed by atoms with E-state index in [2.05, 4.69) is 37.9 Å². The molecule has 0 saturated carbocycles. The Kier molecular flexibility index (Phi) is 7.84. The van der Waals surface area contributed by atoms with Crippen LogP contribution in [-0.4, -0.2) is 23.4 Å². The smallest absolute Gasteiger partial charge is 0.241 e. The first-order valence-corrected chi connectivity index (χ1v) is 10.7. The van der Waals surface area contributed by atoms with E-state index in [0.29, 0.717) is 12.3 Å². The van der Waals surface area contributed by atoms with Gasteiger partial charge in [-0.3, -0.25) is 4.79 Å². The SMILES string of the molecule is CC(C)C[C@H](N)C(=O)N(CC#N)[C@@H](c1ccc(Br)cc1)c1cc(Br)cs1. The number of carbonyl (C=O) groups excluding carboxylic acids is 1. The summed E-state index contributed by atoms with van der Waals surface area (Å²) < 4.78 is 1.91. The van der Waals surface area contributed by atoms with Gasteiger partial charge < -0.3 is 10.6 Å². The second-order valence-corrected chi connectivity index (χ2v) is 9.26. The van der Waals surface area contributed by atoms with Crippen LogP contribution in [0.25, 0.3) is 0 Å². The Bertz CT molecular complexity index is 783. The van der Waals surface area contributed by atoms with Crippen molar-refractivity contribution in [3.63, 3.8) is 0 Å². The van der Waals surface area contributed by atoms with E-state index >= 15 is 0 Å². The van der Waals surface area contributed by atoms with Crippen molar-refractivity contribution in [1.82, 2.24) is 4.90 Å². The van der Waals surface area contributed by atoms with Crippen LogP contribution in [0.5, 0.6) is 0 Å². The number of nitriles is 1. The number of benzene rings is 1. The minimum atomic E-state index is -0.621. The van der Waals surface area contributed by atoms with Gasteiger partial charge in [0.05, 0.1) is 18.2 Å². The fourth-order valence-electron chi connectivity index (χ4n) is 2.81. The van der Waals surface area contributed by atoms with Crippen molar-refractivity contribution in [3.8, 4) is 6.07 Å². The van der Waals surface area contributed by atoms with Crippen molar-refractivity contribution in [2.75, 3.05) is 6.54 Å². The molecule has 0 radical (unpaired) electrons. The van der Waals surface area contributed by atoms with Crippen molar-refractivity contribution in [2.24, 2.45) is 11.7 Å². The molecule has 2 atom stereocenters. The zero-order chi connectivity index (χ0) is 19.3. The van der Waals surface area contributed by atoms with Crippen molar-refractivity contribution < 1.29 is 4.79 Å². The summed E-state index contributed by atoms with van der Waals surface area (Å²) in [5.41, 5.74) is 7.11. The van der Waals surface area contributed by atoms with Gasteiger partial charge in [-0.05, 0) is 52.0 Å². The minimum absolute atomic E-state index is 0.0130. The molecule has 0 saturated heterocycles. The first-order valence-electron chi connectivity index (χ1n) is 8.26. The second kappa shape index (κ2) is 9.65. The van der Waals surface area contributed by atoms with Crippen LogP contribution >= 0.6 is 43.2 Å². The van der Waals surface area contributed by atoms with Gasteiger partial charge >= 0.3 is 0 Å². The van der Waals surface area contributed by atoms with E-state index in [9.17, 15) is 10.1 Å². The number of hydrogen-bond acceptors (Lipinski definition) is 4. The van der Waals surface area contributed by atoms with Gasteiger partial charge in [-0.25, -0.2) is 0 Å². The molecule has 1 aromatic heterocycles. The molecular weight excluding hydrogens is 478 g/mol. The van der Waals surface area contributed by atoms with Crippen LogP contribution in [0.2, 0.25) is 0 Å². The first-order chi connectivity index (χ1) is 12.3. The molecule has 0 bridgehead atoms. The normalized spacial score (nSPS) is 13.3. The summed E-state index contributed by atoms with van der Waals surface area (Å²) in [5.74, 6) is 0.109. The molecule has 138 valence electrons. The van der Waals surface area contributed by atoms with Crippen LogP contribution in [0, 0.1) is 17.2 Å². The predicted molar refractivity (Wildman–Crippen MR) is 113 cm³/mol. The van der Waals surface area contributed by atoms with Gasteiger partial charge in [-0.2, -0.15) is 5.26 Å². The lowest BCUT2D eigenvalue weighted by Crippen LogP contribution is -2.46. The highest BCUT2D eigenvalue weighted by Crippen LogP contribution is 2.35. The maximum atomic E-state index is 13.1. The number of amides is 1. The molecule has 2 aromatic rings. The third-order valence-electron chi connectivity index (χ3n) is 3.92. The van der Waals surface area contributed by atoms with Crippen molar-refractivity contribution in [1.29, 1.82) is 5.26 Å². The molecule has 2 N–H and O–H groups in total. The molecule has 0 aliphatic heterocycles. The Morgan fingerprint density at radius 3 is 2.42 bits per heavy atom. The molecule has 7 heteroatoms. The van der Waals surface area contributed by atoms with Crippen LogP contribution in [0.4, 0.5) is 0 Å². The highest BCUT2D eigenvalue weighted by atomic mass is 79.9. The van der Waals surface area contributed by atoms with Gasteiger partial charge in [0, 0.05) is 19.2 Å². The number of nitrogens with two attached hydrogens (primary N) is 1. The summed E-state index contributed by atoms with van der Waals surface area (Å²) >= 11 is 8.48. The van der Waals surface area contributed by atoms with Crippen molar-refractivity contribution >= 4 is 49.1 Å². The number of halogens is 2. The van der Waals surface area contributed by atoms with E-state index in [-0.39, 0.29) is 18.5 Å². The molecule has 0 aliphatic rings. The largest absolute Gasteiger partial charge is 0.320 e. The number of nitrogens with zero attached hydrogens (tertiary/aromatic N) is 2. The molecule has 0 aliphatic carbocycles. The minimum Gasteiger partial charge on any atom is -0.320 e. The van der Waals surface area contributed by atoms with Gasteiger partial charge in [0.1, 0.15) is 6.54 Å². The summed E-state index contributed by atoms with van der Waals surface area (Å²) in [4.78, 5) is 15.6. The highest BCUT2D eigenvalue weighted by molar-refractivity contribution is 9.10.